The second kappa shape index (κ2) is 6.38. The molecule has 1 unspecified atom stereocenters. The fraction of sp³-hybridized carbons (Fsp3) is 0.500. The van der Waals surface area contributed by atoms with Crippen molar-refractivity contribution in [3.8, 4) is 0 Å². The van der Waals surface area contributed by atoms with Crippen LogP contribution in [0.5, 0.6) is 0 Å². The van der Waals surface area contributed by atoms with Gasteiger partial charge in [-0.25, -0.2) is 4.39 Å². The first-order valence-corrected chi connectivity index (χ1v) is 6.22. The Balaban J connectivity index is 2.77. The molecule has 1 atom stereocenters. The van der Waals surface area contributed by atoms with Crippen molar-refractivity contribution in [3.63, 3.8) is 0 Å². The minimum atomic E-state index is -0.306. The number of amides is 1. The summed E-state index contributed by atoms with van der Waals surface area (Å²) in [5.41, 5.74) is 1.03. The van der Waals surface area contributed by atoms with Gasteiger partial charge < -0.3 is 10.6 Å². The van der Waals surface area contributed by atoms with Gasteiger partial charge in [0.1, 0.15) is 5.82 Å². The van der Waals surface area contributed by atoms with E-state index in [2.05, 4.69) is 24.5 Å². The molecule has 3 nitrogen and oxygen atoms in total. The molecule has 1 amide bonds. The first-order chi connectivity index (χ1) is 8.38. The number of nitrogens with one attached hydrogen (secondary N) is 2. The number of anilines is 2. The minimum Gasteiger partial charge on any atom is -0.380 e. The van der Waals surface area contributed by atoms with Crippen LogP contribution in [-0.4, -0.2) is 11.9 Å². The maximum absolute atomic E-state index is 13.6. The molecule has 2 N–H and O–H groups in total. The zero-order valence-corrected chi connectivity index (χ0v) is 11.4. The van der Waals surface area contributed by atoms with E-state index in [1.165, 1.54) is 13.0 Å². The fourth-order valence-corrected chi connectivity index (χ4v) is 1.95. The van der Waals surface area contributed by atoms with Crippen molar-refractivity contribution in [1.82, 2.24) is 0 Å². The van der Waals surface area contributed by atoms with Crippen molar-refractivity contribution in [2.24, 2.45) is 5.92 Å². The number of carbonyl (C=O) groups is 1. The quantitative estimate of drug-likeness (QED) is 0.840. The van der Waals surface area contributed by atoms with E-state index in [4.69, 9.17) is 0 Å². The molecule has 0 aliphatic carbocycles. The Morgan fingerprint density at radius 2 is 2.00 bits per heavy atom. The Kier molecular flexibility index (Phi) is 5.13. The Morgan fingerprint density at radius 1 is 1.33 bits per heavy atom. The Morgan fingerprint density at radius 3 is 2.56 bits per heavy atom. The van der Waals surface area contributed by atoms with Gasteiger partial charge in [0.2, 0.25) is 5.91 Å². The Labute approximate surface area is 108 Å². The molecule has 0 saturated carbocycles. The number of rotatable bonds is 5. The molecule has 18 heavy (non-hydrogen) atoms. The van der Waals surface area contributed by atoms with E-state index in [1.807, 2.05) is 6.92 Å². The van der Waals surface area contributed by atoms with Gasteiger partial charge >= 0.3 is 0 Å². The molecule has 1 rings (SSSR count). The standard InChI is InChI=1S/C14H21FN2O/c1-9(2)7-10(3)16-14-8-12(17-11(4)18)5-6-13(14)15/h5-6,8-10,16H,7H2,1-4H3,(H,17,18). The molecule has 0 aromatic heterocycles. The average molecular weight is 252 g/mol. The third-order valence-corrected chi connectivity index (χ3v) is 2.51. The summed E-state index contributed by atoms with van der Waals surface area (Å²) in [6.07, 6.45) is 0.962. The summed E-state index contributed by atoms with van der Waals surface area (Å²) in [4.78, 5) is 11.0. The number of halogens is 1. The molecule has 0 aliphatic rings. The van der Waals surface area contributed by atoms with Crippen LogP contribution in [0.15, 0.2) is 18.2 Å². The van der Waals surface area contributed by atoms with E-state index in [0.29, 0.717) is 17.3 Å². The lowest BCUT2D eigenvalue weighted by Crippen LogP contribution is -2.18. The molecule has 0 aliphatic heterocycles. The molecule has 0 radical (unpaired) electrons. The average Bonchev–Trinajstić information content (AvgIpc) is 2.21. The second-order valence-electron chi connectivity index (χ2n) is 5.05. The van der Waals surface area contributed by atoms with E-state index in [-0.39, 0.29) is 17.8 Å². The van der Waals surface area contributed by atoms with E-state index >= 15 is 0 Å². The van der Waals surface area contributed by atoms with Crippen LogP contribution in [0.4, 0.5) is 15.8 Å². The maximum Gasteiger partial charge on any atom is 0.221 e. The van der Waals surface area contributed by atoms with Gasteiger partial charge in [-0.1, -0.05) is 13.8 Å². The van der Waals surface area contributed by atoms with Crippen LogP contribution in [0.2, 0.25) is 0 Å². The van der Waals surface area contributed by atoms with Crippen LogP contribution in [0, 0.1) is 11.7 Å². The molecule has 0 bridgehead atoms. The highest BCUT2D eigenvalue weighted by Gasteiger charge is 2.09. The molecular weight excluding hydrogens is 231 g/mol. The van der Waals surface area contributed by atoms with Crippen LogP contribution in [0.25, 0.3) is 0 Å². The van der Waals surface area contributed by atoms with Crippen LogP contribution < -0.4 is 10.6 Å². The second-order valence-corrected chi connectivity index (χ2v) is 5.05. The summed E-state index contributed by atoms with van der Waals surface area (Å²) < 4.78 is 13.6. The zero-order chi connectivity index (χ0) is 13.7. The van der Waals surface area contributed by atoms with Gasteiger partial charge in [0.05, 0.1) is 5.69 Å². The monoisotopic (exact) mass is 252 g/mol. The maximum atomic E-state index is 13.6. The van der Waals surface area contributed by atoms with E-state index in [0.717, 1.165) is 6.42 Å². The van der Waals surface area contributed by atoms with Crippen LogP contribution in [-0.2, 0) is 4.79 Å². The lowest BCUT2D eigenvalue weighted by atomic mass is 10.0. The predicted molar refractivity (Wildman–Crippen MR) is 73.2 cm³/mol. The zero-order valence-electron chi connectivity index (χ0n) is 11.4. The first kappa shape index (κ1) is 14.5. The van der Waals surface area contributed by atoms with Crippen molar-refractivity contribution < 1.29 is 9.18 Å². The highest BCUT2D eigenvalue weighted by molar-refractivity contribution is 5.89. The summed E-state index contributed by atoms with van der Waals surface area (Å²) in [6.45, 7) is 7.70. The van der Waals surface area contributed by atoms with E-state index < -0.39 is 0 Å². The molecule has 4 heteroatoms. The van der Waals surface area contributed by atoms with Crippen molar-refractivity contribution >= 4 is 17.3 Å². The topological polar surface area (TPSA) is 41.1 Å². The highest BCUT2D eigenvalue weighted by Crippen LogP contribution is 2.21. The third kappa shape index (κ3) is 4.73. The summed E-state index contributed by atoms with van der Waals surface area (Å²) >= 11 is 0. The third-order valence-electron chi connectivity index (χ3n) is 2.51. The van der Waals surface area contributed by atoms with Gasteiger partial charge in [-0.05, 0) is 37.5 Å². The SMILES string of the molecule is CC(=O)Nc1ccc(F)c(NC(C)CC(C)C)c1. The van der Waals surface area contributed by atoms with Gasteiger partial charge in [0, 0.05) is 18.7 Å². The minimum absolute atomic E-state index is 0.164. The highest BCUT2D eigenvalue weighted by atomic mass is 19.1. The van der Waals surface area contributed by atoms with Crippen LogP contribution in [0.1, 0.15) is 34.1 Å². The number of carbonyl (C=O) groups excluding carboxylic acids is 1. The van der Waals surface area contributed by atoms with Gasteiger partial charge in [-0.2, -0.15) is 0 Å². The molecule has 1 aromatic carbocycles. The van der Waals surface area contributed by atoms with Crippen molar-refractivity contribution in [1.29, 1.82) is 0 Å². The molecule has 0 saturated heterocycles. The van der Waals surface area contributed by atoms with Crippen molar-refractivity contribution in [2.75, 3.05) is 10.6 Å². The summed E-state index contributed by atoms with van der Waals surface area (Å²) in [5, 5.41) is 5.77. The van der Waals surface area contributed by atoms with Crippen molar-refractivity contribution in [3.05, 3.63) is 24.0 Å². The molecule has 1 aromatic rings. The summed E-state index contributed by atoms with van der Waals surface area (Å²) in [7, 11) is 0. The summed E-state index contributed by atoms with van der Waals surface area (Å²) in [5.74, 6) is 0.0802. The van der Waals surface area contributed by atoms with Crippen LogP contribution in [0.3, 0.4) is 0 Å². The molecule has 0 spiro atoms. The van der Waals surface area contributed by atoms with Gasteiger partial charge in [0.15, 0.2) is 0 Å². The Bertz CT molecular complexity index is 418. The molecule has 0 heterocycles. The smallest absolute Gasteiger partial charge is 0.221 e. The normalized spacial score (nSPS) is 12.3. The van der Waals surface area contributed by atoms with Gasteiger partial charge in [-0.15, -0.1) is 0 Å². The Hall–Kier alpha value is -1.58. The first-order valence-electron chi connectivity index (χ1n) is 6.22. The lowest BCUT2D eigenvalue weighted by molar-refractivity contribution is -0.114. The predicted octanol–water partition coefficient (Wildman–Crippen LogP) is 3.63. The largest absolute Gasteiger partial charge is 0.380 e. The van der Waals surface area contributed by atoms with E-state index in [1.54, 1.807) is 12.1 Å². The van der Waals surface area contributed by atoms with E-state index in [9.17, 15) is 9.18 Å². The molecule has 0 fully saturated rings. The fourth-order valence-electron chi connectivity index (χ4n) is 1.95. The van der Waals surface area contributed by atoms with Crippen molar-refractivity contribution in [2.45, 2.75) is 40.2 Å². The molecular formula is C14H21FN2O. The number of hydrogen-bond acceptors (Lipinski definition) is 2. The number of benzene rings is 1. The van der Waals surface area contributed by atoms with Gasteiger partial charge in [-0.3, -0.25) is 4.79 Å². The lowest BCUT2D eigenvalue weighted by Gasteiger charge is -2.18. The van der Waals surface area contributed by atoms with Crippen LogP contribution >= 0.6 is 0 Å². The van der Waals surface area contributed by atoms with Gasteiger partial charge in [0.25, 0.3) is 0 Å². The molecule has 100 valence electrons. The summed E-state index contributed by atoms with van der Waals surface area (Å²) in [6, 6.07) is 4.71. The number of hydrogen-bond donors (Lipinski definition) is 2.